The Balaban J connectivity index is 1.57. The largest absolute Gasteiger partial charge is 0.491 e. The van der Waals surface area contributed by atoms with Gasteiger partial charge in [-0.1, -0.05) is 12.1 Å². The van der Waals surface area contributed by atoms with Gasteiger partial charge in [0.2, 0.25) is 5.91 Å². The minimum absolute atomic E-state index is 0.0384. The van der Waals surface area contributed by atoms with E-state index in [0.29, 0.717) is 49.0 Å². The van der Waals surface area contributed by atoms with Crippen molar-refractivity contribution in [2.45, 2.75) is 31.6 Å². The van der Waals surface area contributed by atoms with Crippen molar-refractivity contribution in [2.75, 3.05) is 53.1 Å². The molecule has 1 fully saturated rings. The molecule has 2 atom stereocenters. The van der Waals surface area contributed by atoms with Crippen LogP contribution >= 0.6 is 0 Å². The first-order valence-corrected chi connectivity index (χ1v) is 13.3. The van der Waals surface area contributed by atoms with Gasteiger partial charge in [0.25, 0.3) is 5.91 Å². The van der Waals surface area contributed by atoms with E-state index in [4.69, 9.17) is 18.9 Å². The Morgan fingerprint density at radius 1 is 1.10 bits per heavy atom. The molecule has 4 amide bonds. The third kappa shape index (κ3) is 8.31. The number of urea groups is 1. The number of rotatable bonds is 6. The molecule has 4 rings (SSSR count). The van der Waals surface area contributed by atoms with Crippen LogP contribution in [0.2, 0.25) is 0 Å². The quantitative estimate of drug-likeness (QED) is 0.391. The van der Waals surface area contributed by atoms with Crippen LogP contribution in [-0.4, -0.2) is 93.1 Å². The van der Waals surface area contributed by atoms with Crippen molar-refractivity contribution >= 4 is 17.8 Å². The fourth-order valence-electron chi connectivity index (χ4n) is 4.53. The lowest BCUT2D eigenvalue weighted by molar-refractivity contribution is -0.137. The van der Waals surface area contributed by atoms with Gasteiger partial charge in [-0.3, -0.25) is 9.59 Å². The average molecular weight is 557 g/mol. The number of likely N-dealkylation sites (tertiary alicyclic amines) is 1. The molecule has 2 aliphatic heterocycles. The Labute approximate surface area is 232 Å². The molecule has 2 aromatic rings. The summed E-state index contributed by atoms with van der Waals surface area (Å²) in [5.41, 5.74) is 1.17. The van der Waals surface area contributed by atoms with E-state index in [1.807, 2.05) is 18.2 Å². The molecule has 0 aromatic heterocycles. The van der Waals surface area contributed by atoms with E-state index in [1.165, 1.54) is 0 Å². The van der Waals surface area contributed by atoms with Crippen LogP contribution in [0, 0.1) is 0 Å². The third-order valence-electron chi connectivity index (χ3n) is 6.55. The fraction of sp³-hybridized carbons (Fsp3) is 0.464. The van der Waals surface area contributed by atoms with Crippen LogP contribution in [0.15, 0.2) is 42.5 Å². The Hall–Kier alpha value is -3.87. The third-order valence-corrected chi connectivity index (χ3v) is 6.55. The summed E-state index contributed by atoms with van der Waals surface area (Å²) in [5, 5.41) is 17.7. The van der Waals surface area contributed by atoms with Crippen LogP contribution in [-0.2, 0) is 20.9 Å². The standard InChI is InChI=1S/C28H36N4O8/c1-37-11-12-38-22-14-20-15-23(16-22)40-21-4-2-3-19(13-21)18-39-25-17-32(26(34)6-10-33)9-5-24(25)31-28(36)30-8-7-29-27(20)35/h2-4,13-16,24-25,33H,5-12,17-18H2,1H3,(H,29,35)(H2,30,31,36)/t24-,25-/m0/s1. The van der Waals surface area contributed by atoms with Gasteiger partial charge in [0.05, 0.1) is 32.0 Å². The van der Waals surface area contributed by atoms with Crippen molar-refractivity contribution < 1.29 is 38.4 Å². The van der Waals surface area contributed by atoms with Crippen LogP contribution in [0.4, 0.5) is 4.79 Å². The zero-order valence-electron chi connectivity index (χ0n) is 22.5. The number of aliphatic hydroxyl groups excluding tert-OH is 1. The van der Waals surface area contributed by atoms with Crippen molar-refractivity contribution in [1.29, 1.82) is 0 Å². The predicted molar refractivity (Wildman–Crippen MR) is 144 cm³/mol. The number of methoxy groups -OCH3 is 1. The summed E-state index contributed by atoms with van der Waals surface area (Å²) >= 11 is 0. The molecule has 40 heavy (non-hydrogen) atoms. The molecular weight excluding hydrogens is 520 g/mol. The summed E-state index contributed by atoms with van der Waals surface area (Å²) in [6.45, 7) is 1.82. The van der Waals surface area contributed by atoms with Crippen molar-refractivity contribution in [3.05, 3.63) is 53.6 Å². The van der Waals surface area contributed by atoms with Crippen molar-refractivity contribution in [3.8, 4) is 17.2 Å². The number of carbonyl (C=O) groups excluding carboxylic acids is 3. The number of amides is 4. The predicted octanol–water partition coefficient (Wildman–Crippen LogP) is 1.42. The average Bonchev–Trinajstić information content (AvgIpc) is 2.94. The van der Waals surface area contributed by atoms with Gasteiger partial charge in [-0.2, -0.15) is 0 Å². The second kappa shape index (κ2) is 14.5. The van der Waals surface area contributed by atoms with E-state index in [2.05, 4.69) is 16.0 Å². The maximum atomic E-state index is 12.9. The van der Waals surface area contributed by atoms with Gasteiger partial charge in [0.1, 0.15) is 23.9 Å². The fourth-order valence-corrected chi connectivity index (χ4v) is 4.53. The number of fused-ring (bicyclic) bond motifs is 5. The van der Waals surface area contributed by atoms with Gasteiger partial charge in [-0.15, -0.1) is 0 Å². The van der Waals surface area contributed by atoms with Gasteiger partial charge in [0, 0.05) is 51.3 Å². The maximum absolute atomic E-state index is 12.9. The first-order valence-electron chi connectivity index (χ1n) is 13.3. The van der Waals surface area contributed by atoms with Gasteiger partial charge in [0.15, 0.2) is 0 Å². The Kier molecular flexibility index (Phi) is 10.6. The molecule has 0 spiro atoms. The van der Waals surface area contributed by atoms with Crippen molar-refractivity contribution in [2.24, 2.45) is 0 Å². The number of ether oxygens (including phenoxy) is 4. The van der Waals surface area contributed by atoms with Gasteiger partial charge >= 0.3 is 6.03 Å². The lowest BCUT2D eigenvalue weighted by Crippen LogP contribution is -2.58. The first kappa shape index (κ1) is 29.1. The normalized spacial score (nSPS) is 20.0. The van der Waals surface area contributed by atoms with E-state index in [0.717, 1.165) is 5.56 Å². The van der Waals surface area contributed by atoms with E-state index in [9.17, 15) is 19.5 Å². The molecule has 2 heterocycles. The van der Waals surface area contributed by atoms with Crippen LogP contribution in [0.25, 0.3) is 0 Å². The molecule has 0 radical (unpaired) electrons. The zero-order chi connectivity index (χ0) is 28.3. The Bertz CT molecular complexity index is 1180. The number of benzene rings is 2. The van der Waals surface area contributed by atoms with Gasteiger partial charge < -0.3 is 44.9 Å². The number of nitrogens with one attached hydrogen (secondary N) is 3. The molecule has 0 unspecified atom stereocenters. The highest BCUT2D eigenvalue weighted by atomic mass is 16.5. The van der Waals surface area contributed by atoms with Crippen molar-refractivity contribution in [1.82, 2.24) is 20.9 Å². The number of hydrogen-bond donors (Lipinski definition) is 4. The number of aliphatic hydroxyl groups is 1. The number of hydrogen-bond acceptors (Lipinski definition) is 8. The monoisotopic (exact) mass is 556 g/mol. The van der Waals surface area contributed by atoms with E-state index in [1.54, 1.807) is 36.3 Å². The highest BCUT2D eigenvalue weighted by molar-refractivity contribution is 5.95. The molecule has 4 bridgehead atoms. The molecule has 2 aromatic carbocycles. The first-order chi connectivity index (χ1) is 19.4. The molecule has 12 nitrogen and oxygen atoms in total. The lowest BCUT2D eigenvalue weighted by atomic mass is 10.0. The van der Waals surface area contributed by atoms with Gasteiger partial charge in [-0.25, -0.2) is 4.79 Å². The number of piperidine rings is 1. The smallest absolute Gasteiger partial charge is 0.315 e. The summed E-state index contributed by atoms with van der Waals surface area (Å²) in [5.74, 6) is 0.914. The van der Waals surface area contributed by atoms with E-state index >= 15 is 0 Å². The SMILES string of the molecule is COCCOc1cc2cc(c1)C(=O)NCCNC(=O)N[C@H]1CCN(C(=O)CCO)C[C@@H]1OCc1cccc(c1)O2. The summed E-state index contributed by atoms with van der Waals surface area (Å²) in [7, 11) is 1.58. The van der Waals surface area contributed by atoms with Crippen LogP contribution in [0.5, 0.6) is 17.2 Å². The minimum Gasteiger partial charge on any atom is -0.491 e. The summed E-state index contributed by atoms with van der Waals surface area (Å²) < 4.78 is 23.1. The minimum atomic E-state index is -0.464. The summed E-state index contributed by atoms with van der Waals surface area (Å²) in [6.07, 6.45) is 0.0729. The van der Waals surface area contributed by atoms with Crippen LogP contribution < -0.4 is 25.4 Å². The lowest BCUT2D eigenvalue weighted by Gasteiger charge is -2.38. The summed E-state index contributed by atoms with van der Waals surface area (Å²) in [4.78, 5) is 39.6. The maximum Gasteiger partial charge on any atom is 0.315 e. The molecule has 0 saturated carbocycles. The van der Waals surface area contributed by atoms with Crippen LogP contribution in [0.3, 0.4) is 0 Å². The van der Waals surface area contributed by atoms with Crippen LogP contribution in [0.1, 0.15) is 28.8 Å². The molecule has 12 heteroatoms. The van der Waals surface area contributed by atoms with Crippen molar-refractivity contribution in [3.63, 3.8) is 0 Å². The molecule has 216 valence electrons. The number of nitrogens with zero attached hydrogens (tertiary/aromatic N) is 1. The summed E-state index contributed by atoms with van der Waals surface area (Å²) in [6, 6.07) is 11.6. The molecular formula is C28H36N4O8. The molecule has 0 aliphatic carbocycles. The second-order valence-electron chi connectivity index (χ2n) is 9.50. The Morgan fingerprint density at radius 2 is 1.95 bits per heavy atom. The molecule has 4 N–H and O–H groups in total. The highest BCUT2D eigenvalue weighted by Gasteiger charge is 2.33. The topological polar surface area (TPSA) is 148 Å². The Morgan fingerprint density at radius 3 is 2.77 bits per heavy atom. The molecule has 1 saturated heterocycles. The second-order valence-corrected chi connectivity index (χ2v) is 9.50. The van der Waals surface area contributed by atoms with E-state index in [-0.39, 0.29) is 57.1 Å². The van der Waals surface area contributed by atoms with Gasteiger partial charge in [-0.05, 0) is 36.2 Å². The highest BCUT2D eigenvalue weighted by Crippen LogP contribution is 2.29. The van der Waals surface area contributed by atoms with E-state index < -0.39 is 12.1 Å². The molecule has 2 aliphatic rings. The number of carbonyl (C=O) groups is 3. The zero-order valence-corrected chi connectivity index (χ0v) is 22.5.